The van der Waals surface area contributed by atoms with Crippen molar-refractivity contribution in [1.82, 2.24) is 5.32 Å². The van der Waals surface area contributed by atoms with Crippen LogP contribution >= 0.6 is 0 Å². The highest BCUT2D eigenvalue weighted by atomic mass is 19.4. The van der Waals surface area contributed by atoms with Gasteiger partial charge in [0.05, 0.1) is 11.2 Å². The van der Waals surface area contributed by atoms with Crippen LogP contribution in [0.4, 0.5) is 18.9 Å². The standard InChI is InChI=1S/C13H17F3N2O/c14-13(15,16)10-2-1-3-11(8-10)18-9-12(19)4-6-17-7-5-12/h1-3,8,17-19H,4-7,9H2. The molecule has 0 unspecified atom stereocenters. The first-order valence-electron chi connectivity index (χ1n) is 6.23. The minimum Gasteiger partial charge on any atom is -0.388 e. The fraction of sp³-hybridized carbons (Fsp3) is 0.538. The van der Waals surface area contributed by atoms with Crippen LogP contribution in [0.2, 0.25) is 0 Å². The second-order valence-electron chi connectivity index (χ2n) is 4.91. The quantitative estimate of drug-likeness (QED) is 0.792. The van der Waals surface area contributed by atoms with E-state index >= 15 is 0 Å². The van der Waals surface area contributed by atoms with Crippen molar-refractivity contribution in [3.8, 4) is 0 Å². The number of rotatable bonds is 3. The van der Waals surface area contributed by atoms with Gasteiger partial charge in [-0.1, -0.05) is 6.07 Å². The van der Waals surface area contributed by atoms with Crippen LogP contribution in [-0.4, -0.2) is 30.3 Å². The molecule has 0 bridgehead atoms. The summed E-state index contributed by atoms with van der Waals surface area (Å²) in [7, 11) is 0. The number of alkyl halides is 3. The molecule has 19 heavy (non-hydrogen) atoms. The largest absolute Gasteiger partial charge is 0.416 e. The van der Waals surface area contributed by atoms with Crippen molar-refractivity contribution in [2.24, 2.45) is 0 Å². The van der Waals surface area contributed by atoms with Crippen LogP contribution in [0.5, 0.6) is 0 Å². The second kappa shape index (κ2) is 5.38. The van der Waals surface area contributed by atoms with Gasteiger partial charge < -0.3 is 15.7 Å². The maximum absolute atomic E-state index is 12.6. The zero-order valence-corrected chi connectivity index (χ0v) is 10.4. The van der Waals surface area contributed by atoms with Crippen molar-refractivity contribution in [3.05, 3.63) is 29.8 Å². The lowest BCUT2D eigenvalue weighted by Crippen LogP contribution is -2.46. The molecule has 2 rings (SSSR count). The van der Waals surface area contributed by atoms with E-state index in [4.69, 9.17) is 0 Å². The molecule has 0 amide bonds. The minimum atomic E-state index is -4.34. The number of piperidine rings is 1. The smallest absolute Gasteiger partial charge is 0.388 e. The van der Waals surface area contributed by atoms with Gasteiger partial charge in [-0.15, -0.1) is 0 Å². The molecule has 1 aliphatic rings. The third kappa shape index (κ3) is 3.84. The molecule has 0 aromatic heterocycles. The van der Waals surface area contributed by atoms with Crippen LogP contribution in [0.15, 0.2) is 24.3 Å². The lowest BCUT2D eigenvalue weighted by molar-refractivity contribution is -0.137. The van der Waals surface area contributed by atoms with E-state index in [0.717, 1.165) is 25.2 Å². The molecule has 106 valence electrons. The number of benzene rings is 1. The molecular weight excluding hydrogens is 257 g/mol. The van der Waals surface area contributed by atoms with Gasteiger partial charge >= 0.3 is 6.18 Å². The number of aliphatic hydroxyl groups is 1. The lowest BCUT2D eigenvalue weighted by atomic mass is 9.92. The van der Waals surface area contributed by atoms with Gasteiger partial charge in [-0.2, -0.15) is 13.2 Å². The molecule has 0 saturated carbocycles. The molecule has 3 nitrogen and oxygen atoms in total. The van der Waals surface area contributed by atoms with E-state index in [1.165, 1.54) is 6.07 Å². The van der Waals surface area contributed by atoms with E-state index in [1.54, 1.807) is 6.07 Å². The van der Waals surface area contributed by atoms with Crippen molar-refractivity contribution in [2.75, 3.05) is 25.0 Å². The highest BCUT2D eigenvalue weighted by molar-refractivity contribution is 5.46. The molecule has 1 fully saturated rings. The summed E-state index contributed by atoms with van der Waals surface area (Å²) >= 11 is 0. The van der Waals surface area contributed by atoms with Crippen molar-refractivity contribution < 1.29 is 18.3 Å². The minimum absolute atomic E-state index is 0.260. The van der Waals surface area contributed by atoms with Crippen LogP contribution < -0.4 is 10.6 Å². The molecule has 1 aromatic carbocycles. The zero-order chi connectivity index (χ0) is 13.9. The predicted molar refractivity (Wildman–Crippen MR) is 67.0 cm³/mol. The molecule has 0 spiro atoms. The SMILES string of the molecule is OC1(CNc2cccc(C(F)(F)F)c2)CCNCC1. The van der Waals surface area contributed by atoms with Crippen LogP contribution in [-0.2, 0) is 6.18 Å². The highest BCUT2D eigenvalue weighted by Gasteiger charge is 2.31. The molecule has 1 saturated heterocycles. The van der Waals surface area contributed by atoms with Gasteiger partial charge in [0.25, 0.3) is 0 Å². The first-order chi connectivity index (χ1) is 8.89. The van der Waals surface area contributed by atoms with E-state index in [1.807, 2.05) is 0 Å². The van der Waals surface area contributed by atoms with Crippen LogP contribution in [0.25, 0.3) is 0 Å². The Kier molecular flexibility index (Phi) is 4.01. The van der Waals surface area contributed by atoms with Crippen LogP contribution in [0, 0.1) is 0 Å². The molecule has 0 aliphatic carbocycles. The van der Waals surface area contributed by atoms with Crippen molar-refractivity contribution in [2.45, 2.75) is 24.6 Å². The normalized spacial score (nSPS) is 19.2. The van der Waals surface area contributed by atoms with Gasteiger partial charge in [-0.3, -0.25) is 0 Å². The van der Waals surface area contributed by atoms with E-state index in [9.17, 15) is 18.3 Å². The number of hydrogen-bond donors (Lipinski definition) is 3. The number of halogens is 3. The summed E-state index contributed by atoms with van der Waals surface area (Å²) in [6, 6.07) is 5.02. The van der Waals surface area contributed by atoms with E-state index in [0.29, 0.717) is 18.5 Å². The Morgan fingerprint density at radius 2 is 1.95 bits per heavy atom. The van der Waals surface area contributed by atoms with Gasteiger partial charge in [-0.05, 0) is 44.1 Å². The molecule has 1 aliphatic heterocycles. The van der Waals surface area contributed by atoms with Gasteiger partial charge in [0, 0.05) is 12.2 Å². The van der Waals surface area contributed by atoms with Crippen molar-refractivity contribution >= 4 is 5.69 Å². The molecule has 1 aromatic rings. The second-order valence-corrected chi connectivity index (χ2v) is 4.91. The third-order valence-electron chi connectivity index (χ3n) is 3.35. The molecular formula is C13H17F3N2O. The Hall–Kier alpha value is -1.27. The van der Waals surface area contributed by atoms with Crippen molar-refractivity contribution in [1.29, 1.82) is 0 Å². The van der Waals surface area contributed by atoms with E-state index in [-0.39, 0.29) is 6.54 Å². The number of nitrogens with one attached hydrogen (secondary N) is 2. The molecule has 6 heteroatoms. The highest BCUT2D eigenvalue weighted by Crippen LogP contribution is 2.31. The summed E-state index contributed by atoms with van der Waals surface area (Å²) in [6.07, 6.45) is -3.15. The Morgan fingerprint density at radius 1 is 1.26 bits per heavy atom. The summed E-state index contributed by atoms with van der Waals surface area (Å²) < 4.78 is 37.7. The Labute approximate surface area is 109 Å². The lowest BCUT2D eigenvalue weighted by Gasteiger charge is -2.33. The summed E-state index contributed by atoms with van der Waals surface area (Å²) in [5, 5.41) is 16.3. The summed E-state index contributed by atoms with van der Waals surface area (Å²) in [4.78, 5) is 0. The van der Waals surface area contributed by atoms with Crippen molar-refractivity contribution in [3.63, 3.8) is 0 Å². The van der Waals surface area contributed by atoms with Gasteiger partial charge in [0.2, 0.25) is 0 Å². The van der Waals surface area contributed by atoms with E-state index in [2.05, 4.69) is 10.6 Å². The van der Waals surface area contributed by atoms with Crippen LogP contribution in [0.3, 0.4) is 0 Å². The average molecular weight is 274 g/mol. The maximum atomic E-state index is 12.6. The Balaban J connectivity index is 1.99. The maximum Gasteiger partial charge on any atom is 0.416 e. The molecule has 0 radical (unpaired) electrons. The first-order valence-corrected chi connectivity index (χ1v) is 6.23. The first kappa shape index (κ1) is 14.1. The van der Waals surface area contributed by atoms with Gasteiger partial charge in [0.15, 0.2) is 0 Å². The summed E-state index contributed by atoms with van der Waals surface area (Å²) in [5.74, 6) is 0. The Morgan fingerprint density at radius 3 is 2.58 bits per heavy atom. The molecule has 1 heterocycles. The monoisotopic (exact) mass is 274 g/mol. The fourth-order valence-electron chi connectivity index (χ4n) is 2.14. The molecule has 0 atom stereocenters. The number of hydrogen-bond acceptors (Lipinski definition) is 3. The summed E-state index contributed by atoms with van der Waals surface area (Å²) in [5.41, 5.74) is -1.16. The van der Waals surface area contributed by atoms with Gasteiger partial charge in [-0.25, -0.2) is 0 Å². The number of anilines is 1. The summed E-state index contributed by atoms with van der Waals surface area (Å²) in [6.45, 7) is 1.71. The van der Waals surface area contributed by atoms with Gasteiger partial charge in [0.1, 0.15) is 0 Å². The molecule has 3 N–H and O–H groups in total. The predicted octanol–water partition coefficient (Wildman–Crippen LogP) is 2.23. The third-order valence-corrected chi connectivity index (χ3v) is 3.35. The Bertz CT molecular complexity index is 428. The van der Waals surface area contributed by atoms with Crippen LogP contribution in [0.1, 0.15) is 18.4 Å². The topological polar surface area (TPSA) is 44.3 Å². The fourth-order valence-corrected chi connectivity index (χ4v) is 2.14. The van der Waals surface area contributed by atoms with E-state index < -0.39 is 17.3 Å². The zero-order valence-electron chi connectivity index (χ0n) is 10.4. The average Bonchev–Trinajstić information content (AvgIpc) is 2.37.